The Morgan fingerprint density at radius 2 is 2.04 bits per heavy atom. The van der Waals surface area contributed by atoms with Crippen LogP contribution in [0.15, 0.2) is 6.20 Å². The van der Waals surface area contributed by atoms with Gasteiger partial charge in [-0.2, -0.15) is 0 Å². The Morgan fingerprint density at radius 1 is 1.27 bits per heavy atom. The quantitative estimate of drug-likeness (QED) is 0.826. The number of hydrogen-bond donors (Lipinski definition) is 0. The largest absolute Gasteiger partial charge is 0.384 e. The molecule has 0 aromatic carbocycles. The molecule has 26 heavy (non-hydrogen) atoms. The normalized spacial score (nSPS) is 23.7. The summed E-state index contributed by atoms with van der Waals surface area (Å²) >= 11 is 0. The van der Waals surface area contributed by atoms with Gasteiger partial charge in [-0.25, -0.2) is 4.98 Å². The highest BCUT2D eigenvalue weighted by Gasteiger charge is 2.43. The third-order valence-electron chi connectivity index (χ3n) is 6.51. The van der Waals surface area contributed by atoms with Gasteiger partial charge >= 0.3 is 0 Å². The molecule has 4 heterocycles. The van der Waals surface area contributed by atoms with Crippen LogP contribution < -0.4 is 0 Å². The second-order valence-electron chi connectivity index (χ2n) is 8.11. The van der Waals surface area contributed by atoms with Gasteiger partial charge in [0.05, 0.1) is 12.0 Å². The summed E-state index contributed by atoms with van der Waals surface area (Å²) in [6, 6.07) is 0. The van der Waals surface area contributed by atoms with E-state index in [1.807, 2.05) is 0 Å². The van der Waals surface area contributed by atoms with E-state index in [1.54, 1.807) is 7.11 Å². The van der Waals surface area contributed by atoms with Crippen molar-refractivity contribution in [3.63, 3.8) is 0 Å². The molecule has 0 spiro atoms. The topological polar surface area (TPSA) is 56.6 Å². The molecule has 144 valence electrons. The van der Waals surface area contributed by atoms with Crippen LogP contribution in [0.3, 0.4) is 0 Å². The summed E-state index contributed by atoms with van der Waals surface area (Å²) in [4.78, 5) is 20.1. The van der Waals surface area contributed by atoms with Gasteiger partial charge in [-0.1, -0.05) is 0 Å². The first kappa shape index (κ1) is 18.0. The monoisotopic (exact) mass is 361 g/mol. The van der Waals surface area contributed by atoms with Gasteiger partial charge in [0.1, 0.15) is 5.82 Å². The number of aryl methyl sites for hydroxylation is 1. The lowest BCUT2D eigenvalue weighted by atomic mass is 9.79. The highest BCUT2D eigenvalue weighted by molar-refractivity contribution is 5.83. The first-order valence-corrected chi connectivity index (χ1v) is 10.1. The minimum absolute atomic E-state index is 0.270. The number of rotatable bonds is 4. The zero-order valence-electron chi connectivity index (χ0n) is 15.9. The molecular formula is C20H31N3O3. The highest BCUT2D eigenvalue weighted by atomic mass is 16.5. The second kappa shape index (κ2) is 7.69. The molecule has 0 bridgehead atoms. The van der Waals surface area contributed by atoms with E-state index < -0.39 is 0 Å². The summed E-state index contributed by atoms with van der Waals surface area (Å²) in [7, 11) is 1.69. The van der Waals surface area contributed by atoms with Crippen LogP contribution in [0.1, 0.15) is 56.0 Å². The SMILES string of the molecule is COCC1(C(=O)N2CCC(c3ncc4n3CCCC4)CC2)CCOCC1. The number of amides is 1. The molecule has 3 aliphatic heterocycles. The molecule has 1 aromatic heterocycles. The predicted octanol–water partition coefficient (Wildman–Crippen LogP) is 2.37. The van der Waals surface area contributed by atoms with Crippen LogP contribution in [0.5, 0.6) is 0 Å². The number of fused-ring (bicyclic) bond motifs is 1. The number of ether oxygens (including phenoxy) is 2. The van der Waals surface area contributed by atoms with Gasteiger partial charge in [0.15, 0.2) is 0 Å². The van der Waals surface area contributed by atoms with E-state index in [0.29, 0.717) is 25.7 Å². The van der Waals surface area contributed by atoms with Gasteiger partial charge in [-0.3, -0.25) is 4.79 Å². The lowest BCUT2D eigenvalue weighted by Gasteiger charge is -2.41. The molecule has 0 unspecified atom stereocenters. The zero-order valence-corrected chi connectivity index (χ0v) is 15.9. The number of nitrogens with zero attached hydrogens (tertiary/aromatic N) is 3. The smallest absolute Gasteiger partial charge is 0.231 e. The van der Waals surface area contributed by atoms with E-state index in [0.717, 1.165) is 51.7 Å². The summed E-state index contributed by atoms with van der Waals surface area (Å²) in [5.74, 6) is 2.01. The Bertz CT molecular complexity index is 623. The van der Waals surface area contributed by atoms with E-state index in [4.69, 9.17) is 14.5 Å². The Kier molecular flexibility index (Phi) is 5.32. The summed E-state index contributed by atoms with van der Waals surface area (Å²) in [6.45, 7) is 4.59. The molecule has 1 amide bonds. The van der Waals surface area contributed by atoms with Gasteiger partial charge in [0.2, 0.25) is 5.91 Å². The number of methoxy groups -OCH3 is 1. The fourth-order valence-corrected chi connectivity index (χ4v) is 4.92. The van der Waals surface area contributed by atoms with Crippen molar-refractivity contribution in [1.29, 1.82) is 0 Å². The molecule has 0 radical (unpaired) electrons. The van der Waals surface area contributed by atoms with Crippen molar-refractivity contribution in [3.8, 4) is 0 Å². The molecule has 0 atom stereocenters. The van der Waals surface area contributed by atoms with Crippen LogP contribution in [-0.4, -0.2) is 60.4 Å². The van der Waals surface area contributed by atoms with E-state index in [2.05, 4.69) is 15.7 Å². The maximum Gasteiger partial charge on any atom is 0.231 e. The third-order valence-corrected chi connectivity index (χ3v) is 6.51. The molecule has 6 nitrogen and oxygen atoms in total. The summed E-state index contributed by atoms with van der Waals surface area (Å²) in [5.41, 5.74) is 1.01. The minimum atomic E-state index is -0.383. The molecule has 0 N–H and O–H groups in total. The van der Waals surface area contributed by atoms with Crippen molar-refractivity contribution in [2.75, 3.05) is 40.0 Å². The summed E-state index contributed by atoms with van der Waals surface area (Å²) in [6.07, 6.45) is 9.34. The van der Waals surface area contributed by atoms with Crippen molar-refractivity contribution in [2.24, 2.45) is 5.41 Å². The highest BCUT2D eigenvalue weighted by Crippen LogP contribution is 2.36. The first-order chi connectivity index (χ1) is 12.7. The van der Waals surface area contributed by atoms with Gasteiger partial charge in [0, 0.05) is 57.8 Å². The van der Waals surface area contributed by atoms with Gasteiger partial charge in [-0.15, -0.1) is 0 Å². The number of likely N-dealkylation sites (tertiary alicyclic amines) is 1. The van der Waals surface area contributed by atoms with Crippen molar-refractivity contribution in [1.82, 2.24) is 14.5 Å². The minimum Gasteiger partial charge on any atom is -0.384 e. The van der Waals surface area contributed by atoms with Crippen LogP contribution in [0.25, 0.3) is 0 Å². The lowest BCUT2D eigenvalue weighted by molar-refractivity contribution is -0.153. The lowest BCUT2D eigenvalue weighted by Crippen LogP contribution is -2.51. The number of hydrogen-bond acceptors (Lipinski definition) is 4. The molecule has 2 saturated heterocycles. The molecule has 3 aliphatic rings. The molecule has 2 fully saturated rings. The Labute approximate surface area is 155 Å². The molecular weight excluding hydrogens is 330 g/mol. The Morgan fingerprint density at radius 3 is 2.77 bits per heavy atom. The third kappa shape index (κ3) is 3.29. The van der Waals surface area contributed by atoms with Gasteiger partial charge in [-0.05, 0) is 44.9 Å². The molecule has 1 aromatic rings. The maximum atomic E-state index is 13.3. The number of imidazole rings is 1. The van der Waals surface area contributed by atoms with Crippen LogP contribution in [0.2, 0.25) is 0 Å². The van der Waals surface area contributed by atoms with E-state index in [-0.39, 0.29) is 11.3 Å². The number of aromatic nitrogens is 2. The van der Waals surface area contributed by atoms with Crippen LogP contribution >= 0.6 is 0 Å². The fraction of sp³-hybridized carbons (Fsp3) is 0.800. The van der Waals surface area contributed by atoms with Crippen molar-refractivity contribution in [3.05, 3.63) is 17.7 Å². The van der Waals surface area contributed by atoms with Crippen LogP contribution in [-0.2, 0) is 27.2 Å². The number of carbonyl (C=O) groups excluding carboxylic acids is 1. The van der Waals surface area contributed by atoms with Gasteiger partial charge in [0.25, 0.3) is 0 Å². The van der Waals surface area contributed by atoms with E-state index >= 15 is 0 Å². The maximum absolute atomic E-state index is 13.3. The Hall–Kier alpha value is -1.40. The van der Waals surface area contributed by atoms with Crippen LogP contribution in [0.4, 0.5) is 0 Å². The van der Waals surface area contributed by atoms with Crippen molar-refractivity contribution < 1.29 is 14.3 Å². The zero-order chi connectivity index (χ0) is 18.0. The average Bonchev–Trinajstić information content (AvgIpc) is 3.13. The van der Waals surface area contributed by atoms with Crippen molar-refractivity contribution in [2.45, 2.75) is 57.4 Å². The summed E-state index contributed by atoms with van der Waals surface area (Å²) in [5, 5.41) is 0. The first-order valence-electron chi connectivity index (χ1n) is 10.1. The molecule has 0 aliphatic carbocycles. The van der Waals surface area contributed by atoms with E-state index in [9.17, 15) is 4.79 Å². The van der Waals surface area contributed by atoms with E-state index in [1.165, 1.54) is 24.4 Å². The number of carbonyl (C=O) groups is 1. The number of piperidine rings is 1. The molecule has 4 rings (SSSR count). The van der Waals surface area contributed by atoms with Crippen LogP contribution in [0, 0.1) is 5.41 Å². The predicted molar refractivity (Wildman–Crippen MR) is 98.1 cm³/mol. The fourth-order valence-electron chi connectivity index (χ4n) is 4.92. The molecule has 0 saturated carbocycles. The Balaban J connectivity index is 1.41. The standard InChI is InChI=1S/C20H31N3O3/c1-25-15-20(7-12-26-13-8-20)19(24)22-10-5-16(6-11-22)18-21-14-17-4-2-3-9-23(17)18/h14,16H,2-13,15H2,1H3. The van der Waals surface area contributed by atoms with Crippen molar-refractivity contribution >= 4 is 5.91 Å². The second-order valence-corrected chi connectivity index (χ2v) is 8.11. The average molecular weight is 361 g/mol. The summed E-state index contributed by atoms with van der Waals surface area (Å²) < 4.78 is 13.4. The van der Waals surface area contributed by atoms with Gasteiger partial charge < -0.3 is 18.9 Å². The molecule has 6 heteroatoms.